The normalized spacial score (nSPS) is 26.5. The molecule has 27 heavy (non-hydrogen) atoms. The maximum atomic E-state index is 12.9. The van der Waals surface area contributed by atoms with E-state index in [1.165, 1.54) is 30.5 Å². The van der Waals surface area contributed by atoms with E-state index >= 15 is 0 Å². The molecule has 5 rings (SSSR count). The average molecular weight is 367 g/mol. The summed E-state index contributed by atoms with van der Waals surface area (Å²) >= 11 is 0. The molecule has 1 saturated heterocycles. The smallest absolute Gasteiger partial charge is 0.225 e. The topological polar surface area (TPSA) is 63.4 Å². The van der Waals surface area contributed by atoms with Crippen LogP contribution >= 0.6 is 0 Å². The minimum Gasteiger partial charge on any atom is -0.342 e. The molecule has 144 valence electrons. The maximum Gasteiger partial charge on any atom is 0.225 e. The Kier molecular flexibility index (Phi) is 4.37. The van der Waals surface area contributed by atoms with E-state index in [1.54, 1.807) is 0 Å². The van der Waals surface area contributed by atoms with Crippen molar-refractivity contribution in [2.24, 2.45) is 11.8 Å². The first-order valence-corrected chi connectivity index (χ1v) is 10.7. The average Bonchev–Trinajstić information content (AvgIpc) is 3.32. The van der Waals surface area contributed by atoms with Crippen LogP contribution in [0.4, 0.5) is 0 Å². The number of hydrogen-bond acceptors (Lipinski definition) is 4. The maximum absolute atomic E-state index is 12.9. The van der Waals surface area contributed by atoms with Gasteiger partial charge in [-0.15, -0.1) is 10.2 Å². The third-order valence-corrected chi connectivity index (χ3v) is 6.98. The van der Waals surface area contributed by atoms with Crippen molar-refractivity contribution < 1.29 is 4.79 Å². The molecule has 6 heteroatoms. The van der Waals surface area contributed by atoms with Crippen LogP contribution in [0.15, 0.2) is 6.07 Å². The molecule has 2 aliphatic carbocycles. The molecule has 1 saturated carbocycles. The van der Waals surface area contributed by atoms with Crippen LogP contribution in [0.5, 0.6) is 0 Å². The minimum atomic E-state index is 0.260. The number of carbonyl (C=O) groups is 1. The zero-order valence-corrected chi connectivity index (χ0v) is 16.2. The van der Waals surface area contributed by atoms with Crippen molar-refractivity contribution in [3.8, 4) is 0 Å². The Balaban J connectivity index is 1.27. The molecule has 0 radical (unpaired) electrons. The van der Waals surface area contributed by atoms with Crippen LogP contribution in [0, 0.1) is 11.8 Å². The highest BCUT2D eigenvalue weighted by Crippen LogP contribution is 2.33. The summed E-state index contributed by atoms with van der Waals surface area (Å²) in [5.41, 5.74) is 3.42. The summed E-state index contributed by atoms with van der Waals surface area (Å²) in [5, 5.41) is 13.7. The van der Waals surface area contributed by atoms with Crippen molar-refractivity contribution >= 4 is 11.6 Å². The van der Waals surface area contributed by atoms with E-state index in [-0.39, 0.29) is 5.92 Å². The second-order valence-electron chi connectivity index (χ2n) is 8.85. The summed E-state index contributed by atoms with van der Waals surface area (Å²) in [4.78, 5) is 15.0. The van der Waals surface area contributed by atoms with Gasteiger partial charge in [-0.2, -0.15) is 9.61 Å². The van der Waals surface area contributed by atoms with Crippen LogP contribution in [-0.2, 0) is 17.6 Å². The van der Waals surface area contributed by atoms with E-state index in [0.29, 0.717) is 11.8 Å². The molecule has 0 bridgehead atoms. The molecule has 6 nitrogen and oxygen atoms in total. The van der Waals surface area contributed by atoms with Crippen molar-refractivity contribution in [1.29, 1.82) is 0 Å². The van der Waals surface area contributed by atoms with Crippen molar-refractivity contribution in [2.75, 3.05) is 13.1 Å². The van der Waals surface area contributed by atoms with E-state index in [1.807, 2.05) is 4.52 Å². The Morgan fingerprint density at radius 3 is 2.59 bits per heavy atom. The standard InChI is InChI=1S/C21H29N5O/c1-14-5-7-16(8-6-14)21(27)25-11-9-15(10-12-25)20-23-22-19-13-17-3-2-4-18(17)24-26(19)20/h13-16H,2-12H2,1H3. The van der Waals surface area contributed by atoms with Gasteiger partial charge in [0.15, 0.2) is 11.5 Å². The second-order valence-corrected chi connectivity index (χ2v) is 8.85. The number of fused-ring (bicyclic) bond motifs is 2. The van der Waals surface area contributed by atoms with Gasteiger partial charge in [0.1, 0.15) is 0 Å². The van der Waals surface area contributed by atoms with Crippen molar-refractivity contribution in [3.63, 3.8) is 0 Å². The minimum absolute atomic E-state index is 0.260. The van der Waals surface area contributed by atoms with Crippen LogP contribution < -0.4 is 0 Å². The largest absolute Gasteiger partial charge is 0.342 e. The Morgan fingerprint density at radius 2 is 1.81 bits per heavy atom. The second kappa shape index (κ2) is 6.88. The summed E-state index contributed by atoms with van der Waals surface area (Å²) in [6.07, 6.45) is 9.86. The molecule has 0 aromatic carbocycles. The summed E-state index contributed by atoms with van der Waals surface area (Å²) in [5.74, 6) is 2.77. The fourth-order valence-corrected chi connectivity index (χ4v) is 5.17. The summed E-state index contributed by atoms with van der Waals surface area (Å²) < 4.78 is 1.97. The predicted octanol–water partition coefficient (Wildman–Crippen LogP) is 3.15. The van der Waals surface area contributed by atoms with E-state index in [9.17, 15) is 4.79 Å². The Morgan fingerprint density at radius 1 is 1.04 bits per heavy atom. The molecule has 1 amide bonds. The molecule has 0 N–H and O–H groups in total. The third kappa shape index (κ3) is 3.13. The highest BCUT2D eigenvalue weighted by molar-refractivity contribution is 5.79. The molecule has 3 aliphatic rings. The molecular weight excluding hydrogens is 338 g/mol. The Hall–Kier alpha value is -1.98. The number of piperidine rings is 1. The van der Waals surface area contributed by atoms with Gasteiger partial charge in [0, 0.05) is 24.9 Å². The van der Waals surface area contributed by atoms with Gasteiger partial charge in [-0.25, -0.2) is 0 Å². The summed E-state index contributed by atoms with van der Waals surface area (Å²) in [6.45, 7) is 3.99. The molecular formula is C21H29N5O. The van der Waals surface area contributed by atoms with Gasteiger partial charge >= 0.3 is 0 Å². The van der Waals surface area contributed by atoms with E-state index < -0.39 is 0 Å². The van der Waals surface area contributed by atoms with E-state index in [4.69, 9.17) is 5.10 Å². The first-order chi connectivity index (χ1) is 13.2. The monoisotopic (exact) mass is 367 g/mol. The predicted molar refractivity (Wildman–Crippen MR) is 102 cm³/mol. The SMILES string of the molecule is CC1CCC(C(=O)N2CCC(c3nnc4cc5c(nn34)CCC5)CC2)CC1. The van der Waals surface area contributed by atoms with Crippen LogP contribution in [0.1, 0.15) is 74.9 Å². The van der Waals surface area contributed by atoms with Gasteiger partial charge in [0.25, 0.3) is 0 Å². The van der Waals surface area contributed by atoms with Crippen molar-refractivity contribution in [1.82, 2.24) is 24.7 Å². The number of carbonyl (C=O) groups excluding carboxylic acids is 1. The zero-order valence-electron chi connectivity index (χ0n) is 16.2. The zero-order chi connectivity index (χ0) is 18.4. The lowest BCUT2D eigenvalue weighted by atomic mass is 9.82. The van der Waals surface area contributed by atoms with Gasteiger partial charge < -0.3 is 4.90 Å². The molecule has 2 aromatic rings. The lowest BCUT2D eigenvalue weighted by Crippen LogP contribution is -2.42. The van der Waals surface area contributed by atoms with E-state index in [0.717, 1.165) is 69.0 Å². The third-order valence-electron chi connectivity index (χ3n) is 6.98. The molecule has 2 aromatic heterocycles. The summed E-state index contributed by atoms with van der Waals surface area (Å²) in [6, 6.07) is 2.16. The first-order valence-electron chi connectivity index (χ1n) is 10.7. The number of aromatic nitrogens is 4. The van der Waals surface area contributed by atoms with Gasteiger partial charge in [-0.1, -0.05) is 6.92 Å². The molecule has 1 aliphatic heterocycles. The molecule has 0 spiro atoms. The Bertz CT molecular complexity index is 844. The number of rotatable bonds is 2. The number of amides is 1. The van der Waals surface area contributed by atoms with Gasteiger partial charge in [-0.3, -0.25) is 4.79 Å². The fraction of sp³-hybridized carbons (Fsp3) is 0.714. The molecule has 0 unspecified atom stereocenters. The lowest BCUT2D eigenvalue weighted by molar-refractivity contribution is -0.137. The summed E-state index contributed by atoms with van der Waals surface area (Å²) in [7, 11) is 0. The number of likely N-dealkylation sites (tertiary alicyclic amines) is 1. The van der Waals surface area contributed by atoms with Gasteiger partial charge in [-0.05, 0) is 75.3 Å². The first kappa shape index (κ1) is 17.1. The highest BCUT2D eigenvalue weighted by Gasteiger charge is 2.32. The van der Waals surface area contributed by atoms with Crippen LogP contribution in [0.3, 0.4) is 0 Å². The molecule has 2 fully saturated rings. The van der Waals surface area contributed by atoms with Crippen LogP contribution in [0.25, 0.3) is 5.65 Å². The van der Waals surface area contributed by atoms with Crippen molar-refractivity contribution in [3.05, 3.63) is 23.1 Å². The lowest BCUT2D eigenvalue weighted by Gasteiger charge is -2.35. The number of aryl methyl sites for hydroxylation is 2. The quantitative estimate of drug-likeness (QED) is 0.818. The number of nitrogens with zero attached hydrogens (tertiary/aromatic N) is 5. The van der Waals surface area contributed by atoms with Crippen LogP contribution in [0.2, 0.25) is 0 Å². The van der Waals surface area contributed by atoms with Gasteiger partial charge in [0.05, 0.1) is 5.69 Å². The molecule has 0 atom stereocenters. The van der Waals surface area contributed by atoms with E-state index in [2.05, 4.69) is 28.1 Å². The van der Waals surface area contributed by atoms with Crippen molar-refractivity contribution in [2.45, 2.75) is 70.6 Å². The fourth-order valence-electron chi connectivity index (χ4n) is 5.17. The highest BCUT2D eigenvalue weighted by atomic mass is 16.2. The molecule has 3 heterocycles. The number of hydrogen-bond donors (Lipinski definition) is 0. The Labute approximate surface area is 160 Å². The van der Waals surface area contributed by atoms with Gasteiger partial charge in [0.2, 0.25) is 5.91 Å². The van der Waals surface area contributed by atoms with Crippen LogP contribution in [-0.4, -0.2) is 43.7 Å².